The third kappa shape index (κ3) is 1.91. The van der Waals surface area contributed by atoms with Crippen molar-refractivity contribution >= 4 is 5.91 Å². The minimum Gasteiger partial charge on any atom is -0.391 e. The third-order valence-electron chi connectivity index (χ3n) is 3.32. The number of aliphatic hydroxyl groups is 1. The van der Waals surface area contributed by atoms with Crippen LogP contribution in [0, 0.1) is 5.92 Å². The minimum atomic E-state index is -0.355. The zero-order valence-electron chi connectivity index (χ0n) is 8.57. The molecule has 1 amide bonds. The summed E-state index contributed by atoms with van der Waals surface area (Å²) >= 11 is 0. The zero-order chi connectivity index (χ0) is 10.3. The molecule has 1 aliphatic carbocycles. The second-order valence-corrected chi connectivity index (χ2v) is 4.88. The number of carbonyl (C=O) groups is 1. The van der Waals surface area contributed by atoms with Crippen LogP contribution in [0.15, 0.2) is 0 Å². The molecule has 4 heteroatoms. The number of amides is 1. The van der Waals surface area contributed by atoms with Crippen molar-refractivity contribution in [3.05, 3.63) is 0 Å². The molecule has 0 radical (unpaired) electrons. The number of carbonyl (C=O) groups excluding carboxylic acids is 1. The van der Waals surface area contributed by atoms with Crippen LogP contribution in [0.25, 0.3) is 0 Å². The zero-order valence-corrected chi connectivity index (χ0v) is 8.57. The van der Waals surface area contributed by atoms with Crippen molar-refractivity contribution in [1.82, 2.24) is 4.90 Å². The van der Waals surface area contributed by atoms with Crippen molar-refractivity contribution in [1.29, 1.82) is 0 Å². The highest BCUT2D eigenvalue weighted by atomic mass is 16.3. The first-order valence-electron chi connectivity index (χ1n) is 5.25. The smallest absolute Gasteiger partial charge is 0.224 e. The van der Waals surface area contributed by atoms with Gasteiger partial charge in [0.1, 0.15) is 0 Å². The van der Waals surface area contributed by atoms with E-state index in [1.165, 1.54) is 0 Å². The predicted octanol–water partition coefficient (Wildman–Crippen LogP) is -0.293. The number of nitrogens with zero attached hydrogens (tertiary/aromatic N) is 1. The van der Waals surface area contributed by atoms with Crippen LogP contribution in [0.4, 0.5) is 0 Å². The Kier molecular flexibility index (Phi) is 2.27. The van der Waals surface area contributed by atoms with Crippen molar-refractivity contribution in [2.45, 2.75) is 37.8 Å². The van der Waals surface area contributed by atoms with Crippen LogP contribution in [0.2, 0.25) is 0 Å². The molecule has 2 fully saturated rings. The summed E-state index contributed by atoms with van der Waals surface area (Å²) in [6, 6.07) is 0. The fourth-order valence-electron chi connectivity index (χ4n) is 1.90. The summed E-state index contributed by atoms with van der Waals surface area (Å²) in [5.41, 5.74) is 5.66. The maximum absolute atomic E-state index is 11.7. The molecule has 1 saturated heterocycles. The summed E-state index contributed by atoms with van der Waals surface area (Å²) < 4.78 is 0. The van der Waals surface area contributed by atoms with Crippen molar-refractivity contribution in [2.75, 3.05) is 13.1 Å². The van der Waals surface area contributed by atoms with E-state index in [-0.39, 0.29) is 23.5 Å². The fourth-order valence-corrected chi connectivity index (χ4v) is 1.90. The molecule has 0 aromatic heterocycles. The molecule has 2 aliphatic rings. The Balaban J connectivity index is 1.87. The number of rotatable bonds is 2. The quantitative estimate of drug-likeness (QED) is 0.640. The molecule has 14 heavy (non-hydrogen) atoms. The average molecular weight is 198 g/mol. The summed E-state index contributed by atoms with van der Waals surface area (Å²) in [5.74, 6) is 0.306. The van der Waals surface area contributed by atoms with Gasteiger partial charge in [0.2, 0.25) is 5.91 Å². The normalized spacial score (nSPS) is 34.6. The Morgan fingerprint density at radius 3 is 2.64 bits per heavy atom. The minimum absolute atomic E-state index is 0.105. The van der Waals surface area contributed by atoms with Crippen molar-refractivity contribution in [2.24, 2.45) is 11.7 Å². The molecule has 0 aromatic rings. The average Bonchev–Trinajstić information content (AvgIpc) is 2.71. The highest BCUT2D eigenvalue weighted by molar-refractivity contribution is 5.78. The number of hydrogen-bond donors (Lipinski definition) is 2. The molecule has 1 heterocycles. The van der Waals surface area contributed by atoms with E-state index in [2.05, 4.69) is 0 Å². The van der Waals surface area contributed by atoms with Crippen LogP contribution in [0.3, 0.4) is 0 Å². The molecule has 0 aromatic carbocycles. The third-order valence-corrected chi connectivity index (χ3v) is 3.32. The first-order valence-corrected chi connectivity index (χ1v) is 5.25. The lowest BCUT2D eigenvalue weighted by Gasteiger charge is -2.17. The Labute approximate surface area is 84.1 Å². The van der Waals surface area contributed by atoms with E-state index in [0.29, 0.717) is 19.5 Å². The Bertz CT molecular complexity index is 241. The lowest BCUT2D eigenvalue weighted by Crippen LogP contribution is -2.36. The van der Waals surface area contributed by atoms with Crippen molar-refractivity contribution in [3.8, 4) is 0 Å². The Hall–Kier alpha value is -0.610. The van der Waals surface area contributed by atoms with Crippen LogP contribution in [0.1, 0.15) is 26.2 Å². The second-order valence-electron chi connectivity index (χ2n) is 4.88. The highest BCUT2D eigenvalue weighted by Gasteiger charge is 2.42. The van der Waals surface area contributed by atoms with E-state index in [9.17, 15) is 9.90 Å². The molecular formula is C10H18N2O2. The lowest BCUT2D eigenvalue weighted by molar-refractivity contribution is -0.131. The maximum Gasteiger partial charge on any atom is 0.224 e. The molecule has 0 bridgehead atoms. The van der Waals surface area contributed by atoms with Gasteiger partial charge in [-0.25, -0.2) is 0 Å². The molecule has 1 saturated carbocycles. The van der Waals surface area contributed by atoms with Gasteiger partial charge >= 0.3 is 0 Å². The van der Waals surface area contributed by atoms with Crippen molar-refractivity contribution < 1.29 is 9.90 Å². The fraction of sp³-hybridized carbons (Fsp3) is 0.900. The highest BCUT2D eigenvalue weighted by Crippen LogP contribution is 2.36. The van der Waals surface area contributed by atoms with Crippen LogP contribution >= 0.6 is 0 Å². The lowest BCUT2D eigenvalue weighted by atomic mass is 10.1. The van der Waals surface area contributed by atoms with Gasteiger partial charge in [-0.3, -0.25) is 4.79 Å². The summed E-state index contributed by atoms with van der Waals surface area (Å²) in [6.45, 7) is 3.12. The van der Waals surface area contributed by atoms with Crippen molar-refractivity contribution in [3.63, 3.8) is 0 Å². The number of β-amino-alcohol motifs (C(OH)–C–C–N with tert-alkyl or cyclic N) is 1. The van der Waals surface area contributed by atoms with Gasteiger partial charge < -0.3 is 15.7 Å². The maximum atomic E-state index is 11.7. The van der Waals surface area contributed by atoms with Gasteiger partial charge in [-0.1, -0.05) is 6.92 Å². The standard InChI is InChI=1S/C10H18N2O2/c1-7-5-12(6-8(7)13)9(14)4-10(11)2-3-10/h7-8,13H,2-6,11H2,1H3. The molecule has 2 unspecified atom stereocenters. The van der Waals surface area contributed by atoms with E-state index in [0.717, 1.165) is 12.8 Å². The van der Waals surface area contributed by atoms with Gasteiger partial charge in [0.25, 0.3) is 0 Å². The molecule has 4 nitrogen and oxygen atoms in total. The first kappa shape index (κ1) is 9.93. The van der Waals surface area contributed by atoms with E-state index < -0.39 is 0 Å². The van der Waals surface area contributed by atoms with Gasteiger partial charge in [-0.15, -0.1) is 0 Å². The molecule has 0 spiro atoms. The topological polar surface area (TPSA) is 66.6 Å². The SMILES string of the molecule is CC1CN(C(=O)CC2(N)CC2)CC1O. The van der Waals surface area contributed by atoms with Crippen LogP contribution < -0.4 is 5.73 Å². The molecule has 80 valence electrons. The Morgan fingerprint density at radius 2 is 2.21 bits per heavy atom. The summed E-state index contributed by atoms with van der Waals surface area (Å²) in [7, 11) is 0. The van der Waals surface area contributed by atoms with E-state index >= 15 is 0 Å². The van der Waals surface area contributed by atoms with Gasteiger partial charge in [-0.05, 0) is 12.8 Å². The van der Waals surface area contributed by atoms with Crippen LogP contribution in [-0.4, -0.2) is 40.6 Å². The van der Waals surface area contributed by atoms with Gasteiger partial charge in [0.05, 0.1) is 6.10 Å². The molecular weight excluding hydrogens is 180 g/mol. The van der Waals surface area contributed by atoms with Crippen LogP contribution in [-0.2, 0) is 4.79 Å². The van der Waals surface area contributed by atoms with Gasteiger partial charge in [0, 0.05) is 31.0 Å². The summed E-state index contributed by atoms with van der Waals surface area (Å²) in [6.07, 6.45) is 2.02. The molecule has 1 aliphatic heterocycles. The van der Waals surface area contributed by atoms with E-state index in [4.69, 9.17) is 5.73 Å². The predicted molar refractivity (Wildman–Crippen MR) is 52.5 cm³/mol. The Morgan fingerprint density at radius 1 is 1.57 bits per heavy atom. The van der Waals surface area contributed by atoms with Gasteiger partial charge in [0.15, 0.2) is 0 Å². The number of likely N-dealkylation sites (tertiary alicyclic amines) is 1. The monoisotopic (exact) mass is 198 g/mol. The van der Waals surface area contributed by atoms with Gasteiger partial charge in [-0.2, -0.15) is 0 Å². The summed E-state index contributed by atoms with van der Waals surface area (Å²) in [4.78, 5) is 13.5. The van der Waals surface area contributed by atoms with E-state index in [1.807, 2.05) is 6.92 Å². The molecule has 2 rings (SSSR count). The molecule has 3 N–H and O–H groups in total. The number of aliphatic hydroxyl groups excluding tert-OH is 1. The molecule has 2 atom stereocenters. The summed E-state index contributed by atoms with van der Waals surface area (Å²) in [5, 5.41) is 9.51. The first-order chi connectivity index (χ1) is 6.50. The van der Waals surface area contributed by atoms with E-state index in [1.54, 1.807) is 4.90 Å². The largest absolute Gasteiger partial charge is 0.391 e. The van der Waals surface area contributed by atoms with Crippen LogP contribution in [0.5, 0.6) is 0 Å². The number of hydrogen-bond acceptors (Lipinski definition) is 3. The number of nitrogens with two attached hydrogens (primary N) is 1. The second kappa shape index (κ2) is 3.21.